The molecule has 10 heavy (non-hydrogen) atoms. The van der Waals surface area contributed by atoms with E-state index >= 15 is 0 Å². The summed E-state index contributed by atoms with van der Waals surface area (Å²) >= 11 is 0. The summed E-state index contributed by atoms with van der Waals surface area (Å²) in [6, 6.07) is 5.30. The lowest BCUT2D eigenvalue weighted by Gasteiger charge is -1.91. The van der Waals surface area contributed by atoms with Gasteiger partial charge in [-0.25, -0.2) is 10.3 Å². The summed E-state index contributed by atoms with van der Waals surface area (Å²) in [5.41, 5.74) is 1.19. The number of nitrogens with zero attached hydrogens (tertiary/aromatic N) is 1. The van der Waals surface area contributed by atoms with Crippen LogP contribution in [0.1, 0.15) is 0 Å². The Bertz CT molecular complexity index is 362. The molecule has 2 N–H and O–H groups in total. The molecule has 0 saturated carbocycles. The molecule has 2 rings (SSSR count). The number of rotatable bonds is 0. The van der Waals surface area contributed by atoms with Gasteiger partial charge in [0.2, 0.25) is 0 Å². The Morgan fingerprint density at radius 1 is 1.40 bits per heavy atom. The molecule has 0 aromatic heterocycles. The molecule has 2 aliphatic rings. The molecule has 4 heteroatoms. The van der Waals surface area contributed by atoms with Crippen molar-refractivity contribution >= 4 is 0 Å². The molecule has 4 nitrogen and oxygen atoms in total. The van der Waals surface area contributed by atoms with Crippen LogP contribution in [0.15, 0.2) is 23.0 Å². The van der Waals surface area contributed by atoms with Gasteiger partial charge >= 0.3 is 0 Å². The maximum Gasteiger partial charge on any atom is 0.273 e. The van der Waals surface area contributed by atoms with Gasteiger partial charge in [-0.2, -0.15) is 5.10 Å². The molecule has 1 heterocycles. The second kappa shape index (κ2) is 1.70. The van der Waals surface area contributed by atoms with Crippen LogP contribution < -0.4 is 5.56 Å². The second-order valence-corrected chi connectivity index (χ2v) is 2.00. The van der Waals surface area contributed by atoms with Gasteiger partial charge in [0.05, 0.1) is 11.3 Å². The molecule has 50 valence electrons. The molecule has 1 aliphatic carbocycles. The summed E-state index contributed by atoms with van der Waals surface area (Å²) in [7, 11) is 0. The summed E-state index contributed by atoms with van der Waals surface area (Å²) in [5.74, 6) is 0. The number of fused-ring (bicyclic) bond motifs is 1. The fourth-order valence-corrected chi connectivity index (χ4v) is 0.906. The molecule has 0 unspecified atom stereocenters. The second-order valence-electron chi connectivity index (χ2n) is 2.00. The van der Waals surface area contributed by atoms with Crippen LogP contribution in [0, 0.1) is 0 Å². The number of nitrogens with one attached hydrogen (secondary N) is 2. The molecule has 0 saturated heterocycles. The highest BCUT2D eigenvalue weighted by Crippen LogP contribution is 2.11. The van der Waals surface area contributed by atoms with E-state index in [2.05, 4.69) is 15.4 Å². The predicted octanol–water partition coefficient (Wildman–Crippen LogP) is 0.203. The Balaban J connectivity index is 2.93. The molecule has 0 aromatic rings. The lowest BCUT2D eigenvalue weighted by Crippen LogP contribution is -2.11. The summed E-state index contributed by atoms with van der Waals surface area (Å²) in [6.45, 7) is 0. The van der Waals surface area contributed by atoms with Crippen molar-refractivity contribution in [3.63, 3.8) is 0 Å². The highest BCUT2D eigenvalue weighted by Gasteiger charge is 2.04. The van der Waals surface area contributed by atoms with Gasteiger partial charge in [-0.1, -0.05) is 6.07 Å². The molecule has 0 spiro atoms. The van der Waals surface area contributed by atoms with E-state index in [1.165, 1.54) is 0 Å². The van der Waals surface area contributed by atoms with Crippen molar-refractivity contribution in [1.29, 1.82) is 0 Å². The van der Waals surface area contributed by atoms with Crippen LogP contribution in [-0.4, -0.2) is 15.4 Å². The minimum Gasteiger partial charge on any atom is -0.267 e. The van der Waals surface area contributed by atoms with Gasteiger partial charge in [0.15, 0.2) is 0 Å². The van der Waals surface area contributed by atoms with E-state index in [1.807, 2.05) is 0 Å². The summed E-state index contributed by atoms with van der Waals surface area (Å²) in [4.78, 5) is 10.9. The van der Waals surface area contributed by atoms with Crippen molar-refractivity contribution < 1.29 is 0 Å². The smallest absolute Gasteiger partial charge is 0.267 e. The van der Waals surface area contributed by atoms with Crippen LogP contribution in [0.2, 0.25) is 0 Å². The van der Waals surface area contributed by atoms with E-state index in [9.17, 15) is 4.79 Å². The van der Waals surface area contributed by atoms with Crippen LogP contribution in [0.25, 0.3) is 11.3 Å². The zero-order valence-corrected chi connectivity index (χ0v) is 5.09. The Morgan fingerprint density at radius 2 is 2.30 bits per heavy atom. The van der Waals surface area contributed by atoms with Crippen LogP contribution >= 0.6 is 0 Å². The predicted molar refractivity (Wildman–Crippen MR) is 35.8 cm³/mol. The monoisotopic (exact) mass is 135 g/mol. The van der Waals surface area contributed by atoms with Gasteiger partial charge < -0.3 is 0 Å². The van der Waals surface area contributed by atoms with E-state index < -0.39 is 0 Å². The minimum absolute atomic E-state index is 0.130. The Labute approximate surface area is 56.2 Å². The largest absolute Gasteiger partial charge is 0.273 e. The topological polar surface area (TPSA) is 61.5 Å². The maximum atomic E-state index is 10.9. The molecule has 0 radical (unpaired) electrons. The fraction of sp³-hybridized carbons (Fsp3) is 0. The van der Waals surface area contributed by atoms with Gasteiger partial charge in [-0.3, -0.25) is 4.79 Å². The number of aromatic nitrogens is 3. The van der Waals surface area contributed by atoms with Crippen molar-refractivity contribution in [3.05, 3.63) is 28.6 Å². The average Bonchev–Trinajstić information content (AvgIpc) is 2.36. The van der Waals surface area contributed by atoms with Gasteiger partial charge in [0, 0.05) is 0 Å². The van der Waals surface area contributed by atoms with E-state index in [-0.39, 0.29) is 5.56 Å². The molecule has 0 amide bonds. The summed E-state index contributed by atoms with van der Waals surface area (Å²) < 4.78 is 0. The van der Waals surface area contributed by atoms with Crippen LogP contribution in [0.3, 0.4) is 0 Å². The summed E-state index contributed by atoms with van der Waals surface area (Å²) in [6.07, 6.45) is 0. The first kappa shape index (κ1) is 5.22. The van der Waals surface area contributed by atoms with Gasteiger partial charge in [-0.15, -0.1) is 0 Å². The van der Waals surface area contributed by atoms with Gasteiger partial charge in [0.1, 0.15) is 0 Å². The zero-order valence-electron chi connectivity index (χ0n) is 5.09. The molecule has 0 atom stereocenters. The third kappa shape index (κ3) is 0.556. The Kier molecular flexibility index (Phi) is 0.887. The average molecular weight is 135 g/mol. The fourth-order valence-electron chi connectivity index (χ4n) is 0.906. The van der Waals surface area contributed by atoms with Crippen molar-refractivity contribution in [3.8, 4) is 11.3 Å². The number of H-pyrrole nitrogens is 2. The van der Waals surface area contributed by atoms with E-state index in [0.717, 1.165) is 0 Å². The molecular formula is C6H5N3O. The first-order chi connectivity index (χ1) is 4.88. The van der Waals surface area contributed by atoms with Gasteiger partial charge in [-0.05, 0) is 12.1 Å². The minimum atomic E-state index is -0.130. The van der Waals surface area contributed by atoms with Crippen molar-refractivity contribution in [1.82, 2.24) is 15.4 Å². The number of hydrogen-bond acceptors (Lipinski definition) is 2. The Morgan fingerprint density at radius 3 is 3.10 bits per heavy atom. The third-order valence-electron chi connectivity index (χ3n) is 1.38. The Hall–Kier alpha value is -1.58. The molecule has 0 aromatic carbocycles. The van der Waals surface area contributed by atoms with Crippen LogP contribution in [0.5, 0.6) is 0 Å². The quantitative estimate of drug-likeness (QED) is 0.542. The van der Waals surface area contributed by atoms with E-state index in [4.69, 9.17) is 0 Å². The number of aromatic amines is 2. The zero-order chi connectivity index (χ0) is 6.97. The maximum absolute atomic E-state index is 10.9. The first-order valence-electron chi connectivity index (χ1n) is 2.90. The lowest BCUT2D eigenvalue weighted by atomic mass is 10.3. The van der Waals surface area contributed by atoms with Crippen molar-refractivity contribution in [2.45, 2.75) is 0 Å². The van der Waals surface area contributed by atoms with Crippen LogP contribution in [0.4, 0.5) is 0 Å². The van der Waals surface area contributed by atoms with E-state index in [1.54, 1.807) is 18.2 Å². The van der Waals surface area contributed by atoms with E-state index in [0.29, 0.717) is 11.3 Å². The highest BCUT2D eigenvalue weighted by atomic mass is 16.1. The first-order valence-corrected chi connectivity index (χ1v) is 2.90. The van der Waals surface area contributed by atoms with Crippen molar-refractivity contribution in [2.24, 2.45) is 0 Å². The SMILES string of the molecule is O=c1[nH][nH]nc2cccc1-2. The van der Waals surface area contributed by atoms with Gasteiger partial charge in [0.25, 0.3) is 5.56 Å². The lowest BCUT2D eigenvalue weighted by molar-refractivity contribution is 0.847. The number of hydrogen-bond donors (Lipinski definition) is 2. The van der Waals surface area contributed by atoms with Crippen LogP contribution in [-0.2, 0) is 0 Å². The molecule has 1 aliphatic heterocycles. The third-order valence-corrected chi connectivity index (χ3v) is 1.38. The highest BCUT2D eigenvalue weighted by molar-refractivity contribution is 5.59. The van der Waals surface area contributed by atoms with Crippen molar-refractivity contribution in [2.75, 3.05) is 0 Å². The normalized spacial score (nSPS) is 10.4. The molecule has 0 bridgehead atoms. The molecular weight excluding hydrogens is 130 g/mol. The summed E-state index contributed by atoms with van der Waals surface area (Å²) in [5, 5.41) is 8.59. The molecule has 0 fully saturated rings. The standard InChI is InChI=1S/C6H5N3O/c10-6-4-2-1-3-5(4)7-9-8-6/h1-3,9H,(H,8,10).